The number of thiazole rings is 1. The first kappa shape index (κ1) is 20.4. The number of amides is 1. The molecule has 1 saturated carbocycles. The van der Waals surface area contributed by atoms with E-state index >= 15 is 0 Å². The molecule has 4 rings (SSSR count). The Kier molecular flexibility index (Phi) is 5.50. The summed E-state index contributed by atoms with van der Waals surface area (Å²) in [5.74, 6) is 4.83. The minimum atomic E-state index is -1.63. The van der Waals surface area contributed by atoms with Gasteiger partial charge >= 0.3 is 5.97 Å². The van der Waals surface area contributed by atoms with Crippen LogP contribution in [-0.4, -0.2) is 58.7 Å². The molecule has 156 valence electrons. The number of nitrogens with zero attached hydrogens (tertiary/aromatic N) is 2. The van der Waals surface area contributed by atoms with Crippen molar-refractivity contribution < 1.29 is 19.4 Å². The van der Waals surface area contributed by atoms with Crippen LogP contribution < -0.4 is 5.32 Å². The molecule has 0 unspecified atom stereocenters. The number of hydrogen-bond acceptors (Lipinski definition) is 7. The van der Waals surface area contributed by atoms with Crippen molar-refractivity contribution in [1.29, 1.82) is 0 Å². The van der Waals surface area contributed by atoms with Crippen LogP contribution in [0.4, 0.5) is 5.00 Å². The molecule has 1 aliphatic carbocycles. The first-order chi connectivity index (χ1) is 14.4. The Morgan fingerprint density at radius 3 is 2.93 bits per heavy atom. The molecule has 1 aromatic heterocycles. The van der Waals surface area contributed by atoms with Crippen LogP contribution in [0.3, 0.4) is 0 Å². The highest BCUT2D eigenvalue weighted by Crippen LogP contribution is 2.36. The number of rotatable bonds is 5. The summed E-state index contributed by atoms with van der Waals surface area (Å²) in [7, 11) is 1.65. The number of nitrogens with one attached hydrogen (secondary N) is 1. The van der Waals surface area contributed by atoms with Crippen molar-refractivity contribution >= 4 is 28.2 Å². The smallest absolute Gasteiger partial charge is 0.360 e. The summed E-state index contributed by atoms with van der Waals surface area (Å²) in [6.45, 7) is 2.54. The molecule has 2 fully saturated rings. The van der Waals surface area contributed by atoms with Gasteiger partial charge in [0, 0.05) is 37.2 Å². The number of carbonyl (C=O) groups excluding carboxylic acids is 2. The van der Waals surface area contributed by atoms with Gasteiger partial charge in [0.15, 0.2) is 5.69 Å². The van der Waals surface area contributed by atoms with Crippen molar-refractivity contribution in [2.75, 3.05) is 25.5 Å². The van der Waals surface area contributed by atoms with Crippen molar-refractivity contribution in [1.82, 2.24) is 9.88 Å². The number of anilines is 1. The third-order valence-electron chi connectivity index (χ3n) is 5.04. The van der Waals surface area contributed by atoms with Gasteiger partial charge in [0.25, 0.3) is 5.91 Å². The van der Waals surface area contributed by atoms with Crippen molar-refractivity contribution in [2.24, 2.45) is 0 Å². The lowest BCUT2D eigenvalue weighted by atomic mass is 10.0. The molecule has 8 heteroatoms. The summed E-state index contributed by atoms with van der Waals surface area (Å²) in [4.78, 5) is 30.4. The quantitative estimate of drug-likeness (QED) is 0.565. The summed E-state index contributed by atoms with van der Waals surface area (Å²) < 4.78 is 5.15. The molecule has 1 saturated heterocycles. The standard InChI is InChI=1S/C22H23N3O4S/c1-3-29-20(26)17-19(23-16-7-8-16)30-18(24-17)15-6-4-5-14(13-15)9-10-22(28)11-12-25(2)21(22)27/h4-6,13,16,23,28H,3,7-8,11-12H2,1-2H3/t22-/m0/s1. The first-order valence-electron chi connectivity index (χ1n) is 9.95. The summed E-state index contributed by atoms with van der Waals surface area (Å²) in [5.41, 5.74) is 0.134. The zero-order chi connectivity index (χ0) is 21.3. The van der Waals surface area contributed by atoms with Gasteiger partial charge in [-0.05, 0) is 31.9 Å². The van der Waals surface area contributed by atoms with Gasteiger partial charge in [-0.3, -0.25) is 4.79 Å². The second kappa shape index (κ2) is 8.09. The van der Waals surface area contributed by atoms with Gasteiger partial charge in [0.05, 0.1) is 6.61 Å². The van der Waals surface area contributed by atoms with E-state index in [2.05, 4.69) is 22.1 Å². The summed E-state index contributed by atoms with van der Waals surface area (Å²) in [6.07, 6.45) is 2.45. The Hall–Kier alpha value is -2.89. The van der Waals surface area contributed by atoms with Gasteiger partial charge in [-0.1, -0.05) is 35.3 Å². The molecule has 0 spiro atoms. The van der Waals surface area contributed by atoms with Crippen LogP contribution in [0.25, 0.3) is 10.6 Å². The fourth-order valence-corrected chi connectivity index (χ4v) is 4.19. The van der Waals surface area contributed by atoms with Gasteiger partial charge < -0.3 is 20.1 Å². The molecule has 2 aromatic rings. The maximum Gasteiger partial charge on any atom is 0.360 e. The van der Waals surface area contributed by atoms with E-state index in [1.807, 2.05) is 24.3 Å². The van der Waals surface area contributed by atoms with E-state index in [0.29, 0.717) is 35.3 Å². The summed E-state index contributed by atoms with van der Waals surface area (Å²) in [5, 5.41) is 15.2. The first-order valence-corrected chi connectivity index (χ1v) is 10.8. The van der Waals surface area contributed by atoms with Crippen molar-refractivity contribution in [3.63, 3.8) is 0 Å². The van der Waals surface area contributed by atoms with Crippen LogP contribution in [0, 0.1) is 11.8 Å². The van der Waals surface area contributed by atoms with Crippen molar-refractivity contribution in [3.05, 3.63) is 35.5 Å². The van der Waals surface area contributed by atoms with E-state index < -0.39 is 11.6 Å². The Bertz CT molecular complexity index is 1050. The maximum absolute atomic E-state index is 12.3. The number of carbonyl (C=O) groups is 2. The molecule has 2 aliphatic rings. The van der Waals surface area contributed by atoms with E-state index in [4.69, 9.17) is 4.74 Å². The molecule has 1 atom stereocenters. The second-order valence-electron chi connectivity index (χ2n) is 7.50. The zero-order valence-corrected chi connectivity index (χ0v) is 17.7. The van der Waals surface area contributed by atoms with Crippen LogP contribution in [0.2, 0.25) is 0 Å². The van der Waals surface area contributed by atoms with Gasteiger partial charge in [-0.2, -0.15) is 0 Å². The lowest BCUT2D eigenvalue weighted by molar-refractivity contribution is -0.137. The minimum absolute atomic E-state index is 0.288. The SMILES string of the molecule is CCOC(=O)c1nc(-c2cccc(C#C[C@]3(O)CCN(C)C3=O)c2)sc1NC1CC1. The fraction of sp³-hybridized carbons (Fsp3) is 0.409. The molecule has 2 heterocycles. The Morgan fingerprint density at radius 1 is 1.47 bits per heavy atom. The predicted octanol–water partition coefficient (Wildman–Crippen LogP) is 2.51. The van der Waals surface area contributed by atoms with Crippen LogP contribution >= 0.6 is 11.3 Å². The van der Waals surface area contributed by atoms with Gasteiger partial charge in [0.1, 0.15) is 10.0 Å². The van der Waals surface area contributed by atoms with Crippen LogP contribution in [0.15, 0.2) is 24.3 Å². The lowest BCUT2D eigenvalue weighted by Gasteiger charge is -2.13. The molecular formula is C22H23N3O4S. The fourth-order valence-electron chi connectivity index (χ4n) is 3.17. The molecular weight excluding hydrogens is 402 g/mol. The zero-order valence-electron chi connectivity index (χ0n) is 16.9. The van der Waals surface area contributed by atoms with E-state index in [1.165, 1.54) is 16.2 Å². The number of aliphatic hydroxyl groups is 1. The monoisotopic (exact) mass is 425 g/mol. The third kappa shape index (κ3) is 4.18. The van der Waals surface area contributed by atoms with E-state index in [-0.39, 0.29) is 12.5 Å². The molecule has 0 bridgehead atoms. The highest BCUT2D eigenvalue weighted by atomic mass is 32.1. The Labute approximate surface area is 179 Å². The number of esters is 1. The van der Waals surface area contributed by atoms with E-state index in [9.17, 15) is 14.7 Å². The summed E-state index contributed by atoms with van der Waals surface area (Å²) >= 11 is 1.41. The number of ether oxygens (including phenoxy) is 1. The number of likely N-dealkylation sites (tertiary alicyclic amines) is 1. The average Bonchev–Trinajstić information content (AvgIpc) is 3.40. The van der Waals surface area contributed by atoms with Crippen LogP contribution in [-0.2, 0) is 9.53 Å². The summed E-state index contributed by atoms with van der Waals surface area (Å²) in [6, 6.07) is 7.76. The molecule has 0 radical (unpaired) electrons. The normalized spacial score (nSPS) is 20.6. The van der Waals surface area contributed by atoms with E-state index in [1.54, 1.807) is 14.0 Å². The Balaban J connectivity index is 1.62. The highest BCUT2D eigenvalue weighted by Gasteiger charge is 2.42. The number of aromatic nitrogens is 1. The number of hydrogen-bond donors (Lipinski definition) is 2. The van der Waals surface area contributed by atoms with Gasteiger partial charge in [-0.25, -0.2) is 9.78 Å². The lowest BCUT2D eigenvalue weighted by Crippen LogP contribution is -2.37. The van der Waals surface area contributed by atoms with Gasteiger partial charge in [-0.15, -0.1) is 0 Å². The number of likely N-dealkylation sites (N-methyl/N-ethyl adjacent to an activating group) is 1. The molecule has 2 N–H and O–H groups in total. The second-order valence-corrected chi connectivity index (χ2v) is 8.50. The maximum atomic E-state index is 12.3. The third-order valence-corrected chi connectivity index (χ3v) is 6.08. The molecule has 30 heavy (non-hydrogen) atoms. The van der Waals surface area contributed by atoms with Crippen LogP contribution in [0.5, 0.6) is 0 Å². The highest BCUT2D eigenvalue weighted by molar-refractivity contribution is 7.19. The van der Waals surface area contributed by atoms with Crippen molar-refractivity contribution in [2.45, 2.75) is 37.8 Å². The molecule has 1 aromatic carbocycles. The Morgan fingerprint density at radius 2 is 2.27 bits per heavy atom. The van der Waals surface area contributed by atoms with Crippen molar-refractivity contribution in [3.8, 4) is 22.4 Å². The molecule has 7 nitrogen and oxygen atoms in total. The average molecular weight is 426 g/mol. The topological polar surface area (TPSA) is 91.8 Å². The number of benzene rings is 1. The van der Waals surface area contributed by atoms with E-state index in [0.717, 1.165) is 23.4 Å². The predicted molar refractivity (Wildman–Crippen MR) is 114 cm³/mol. The molecule has 1 amide bonds. The minimum Gasteiger partial charge on any atom is -0.461 e. The van der Waals surface area contributed by atoms with Crippen LogP contribution in [0.1, 0.15) is 42.2 Å². The van der Waals surface area contributed by atoms with Gasteiger partial charge in [0.2, 0.25) is 5.60 Å². The molecule has 1 aliphatic heterocycles. The largest absolute Gasteiger partial charge is 0.461 e.